The van der Waals surface area contributed by atoms with Crippen molar-refractivity contribution in [3.63, 3.8) is 0 Å². The van der Waals surface area contributed by atoms with E-state index in [0.717, 1.165) is 4.47 Å². The highest BCUT2D eigenvalue weighted by Crippen LogP contribution is 2.15. The van der Waals surface area contributed by atoms with Gasteiger partial charge in [0.2, 0.25) is 5.91 Å². The second kappa shape index (κ2) is 5.52. The molecule has 0 spiro atoms. The molecule has 1 aromatic heterocycles. The lowest BCUT2D eigenvalue weighted by atomic mass is 10.1. The summed E-state index contributed by atoms with van der Waals surface area (Å²) in [6.07, 6.45) is 2.06. The van der Waals surface area contributed by atoms with Crippen molar-refractivity contribution < 1.29 is 4.79 Å². The predicted octanol–water partition coefficient (Wildman–Crippen LogP) is 1.67. The first kappa shape index (κ1) is 13.7. The van der Waals surface area contributed by atoms with Crippen molar-refractivity contribution in [3.8, 4) is 0 Å². The summed E-state index contributed by atoms with van der Waals surface area (Å²) in [5, 5.41) is 0.524. The monoisotopic (exact) mass is 323 g/mol. The van der Waals surface area contributed by atoms with Crippen molar-refractivity contribution in [3.05, 3.63) is 39.4 Å². The molecule has 0 saturated carbocycles. The molecule has 0 saturated heterocycles. The summed E-state index contributed by atoms with van der Waals surface area (Å²) in [4.78, 5) is 27.8. The molecule has 0 aliphatic carbocycles. The van der Waals surface area contributed by atoms with Crippen LogP contribution < -0.4 is 11.3 Å². The van der Waals surface area contributed by atoms with Crippen molar-refractivity contribution in [1.29, 1.82) is 0 Å². The Morgan fingerprint density at radius 1 is 1.53 bits per heavy atom. The van der Waals surface area contributed by atoms with Crippen LogP contribution in [-0.4, -0.2) is 15.5 Å². The number of carbonyl (C=O) groups excluding carboxylic acids is 1. The number of fused-ring (bicyclic) bond motifs is 1. The number of halogens is 1. The lowest BCUT2D eigenvalue weighted by Crippen LogP contribution is -2.31. The van der Waals surface area contributed by atoms with Crippen LogP contribution in [0, 0.1) is 5.92 Å². The minimum Gasteiger partial charge on any atom is -0.369 e. The number of benzene rings is 1. The number of amides is 1. The summed E-state index contributed by atoms with van der Waals surface area (Å²) in [6, 6.07) is 5.33. The molecule has 6 heteroatoms. The SMILES string of the molecule is CCC(Cn1cnc2ccc(Br)cc2c1=O)C(N)=O. The molecule has 19 heavy (non-hydrogen) atoms. The van der Waals surface area contributed by atoms with E-state index in [2.05, 4.69) is 20.9 Å². The second-order valence-corrected chi connectivity index (χ2v) is 5.29. The van der Waals surface area contributed by atoms with Gasteiger partial charge in [0, 0.05) is 11.0 Å². The minimum atomic E-state index is -0.399. The van der Waals surface area contributed by atoms with Crippen molar-refractivity contribution in [2.24, 2.45) is 11.7 Å². The van der Waals surface area contributed by atoms with Crippen LogP contribution in [-0.2, 0) is 11.3 Å². The molecule has 0 bridgehead atoms. The first-order valence-electron chi connectivity index (χ1n) is 5.97. The van der Waals surface area contributed by atoms with Gasteiger partial charge in [-0.15, -0.1) is 0 Å². The average molecular weight is 324 g/mol. The number of nitrogens with two attached hydrogens (primary N) is 1. The summed E-state index contributed by atoms with van der Waals surface area (Å²) < 4.78 is 2.26. The van der Waals surface area contributed by atoms with Gasteiger partial charge in [0.25, 0.3) is 5.56 Å². The van der Waals surface area contributed by atoms with E-state index in [0.29, 0.717) is 17.3 Å². The fourth-order valence-electron chi connectivity index (χ4n) is 1.92. The van der Waals surface area contributed by atoms with Crippen molar-refractivity contribution in [1.82, 2.24) is 9.55 Å². The zero-order valence-corrected chi connectivity index (χ0v) is 12.1. The van der Waals surface area contributed by atoms with Gasteiger partial charge in [-0.1, -0.05) is 22.9 Å². The molecule has 1 heterocycles. The summed E-state index contributed by atoms with van der Waals surface area (Å²) >= 11 is 3.33. The molecule has 0 radical (unpaired) electrons. The number of carbonyl (C=O) groups is 1. The van der Waals surface area contributed by atoms with Crippen LogP contribution in [0.4, 0.5) is 0 Å². The van der Waals surface area contributed by atoms with Crippen LogP contribution in [0.2, 0.25) is 0 Å². The molecule has 0 aliphatic rings. The molecular formula is C13H14BrN3O2. The summed E-state index contributed by atoms with van der Waals surface area (Å²) in [5.74, 6) is -0.757. The fourth-order valence-corrected chi connectivity index (χ4v) is 2.28. The van der Waals surface area contributed by atoms with Gasteiger partial charge in [-0.2, -0.15) is 0 Å². The van der Waals surface area contributed by atoms with Crippen LogP contribution in [0.5, 0.6) is 0 Å². The summed E-state index contributed by atoms with van der Waals surface area (Å²) in [7, 11) is 0. The lowest BCUT2D eigenvalue weighted by Gasteiger charge is -2.13. The number of aromatic nitrogens is 2. The predicted molar refractivity (Wildman–Crippen MR) is 76.7 cm³/mol. The smallest absolute Gasteiger partial charge is 0.261 e. The van der Waals surface area contributed by atoms with E-state index in [1.807, 2.05) is 13.0 Å². The molecule has 1 aromatic carbocycles. The van der Waals surface area contributed by atoms with Crippen LogP contribution in [0.3, 0.4) is 0 Å². The highest BCUT2D eigenvalue weighted by atomic mass is 79.9. The fraction of sp³-hybridized carbons (Fsp3) is 0.308. The number of hydrogen-bond acceptors (Lipinski definition) is 3. The van der Waals surface area contributed by atoms with E-state index in [4.69, 9.17) is 5.73 Å². The van der Waals surface area contributed by atoms with Gasteiger partial charge in [0.15, 0.2) is 0 Å². The van der Waals surface area contributed by atoms with Gasteiger partial charge in [0.05, 0.1) is 23.1 Å². The standard InChI is InChI=1S/C13H14BrN3O2/c1-2-8(12(15)18)6-17-7-16-11-4-3-9(14)5-10(11)13(17)19/h3-5,7-8H,2,6H2,1H3,(H2,15,18). The Kier molecular flexibility index (Phi) is 3.99. The van der Waals surface area contributed by atoms with E-state index in [9.17, 15) is 9.59 Å². The quantitative estimate of drug-likeness (QED) is 0.929. The van der Waals surface area contributed by atoms with Gasteiger partial charge in [-0.3, -0.25) is 14.2 Å². The molecule has 1 amide bonds. The van der Waals surface area contributed by atoms with Gasteiger partial charge >= 0.3 is 0 Å². The van der Waals surface area contributed by atoms with Gasteiger partial charge in [-0.05, 0) is 24.6 Å². The van der Waals surface area contributed by atoms with E-state index in [-0.39, 0.29) is 18.0 Å². The van der Waals surface area contributed by atoms with Crippen molar-refractivity contribution >= 4 is 32.7 Å². The molecule has 1 unspecified atom stereocenters. The van der Waals surface area contributed by atoms with E-state index < -0.39 is 5.91 Å². The Morgan fingerprint density at radius 3 is 2.89 bits per heavy atom. The third-order valence-electron chi connectivity index (χ3n) is 3.10. The first-order chi connectivity index (χ1) is 9.02. The Labute approximate surface area is 118 Å². The van der Waals surface area contributed by atoms with Gasteiger partial charge in [0.1, 0.15) is 0 Å². The maximum atomic E-state index is 12.3. The first-order valence-corrected chi connectivity index (χ1v) is 6.76. The van der Waals surface area contributed by atoms with Gasteiger partial charge in [-0.25, -0.2) is 4.98 Å². The Morgan fingerprint density at radius 2 is 2.26 bits per heavy atom. The molecule has 100 valence electrons. The maximum absolute atomic E-state index is 12.3. The van der Waals surface area contributed by atoms with Crippen molar-refractivity contribution in [2.45, 2.75) is 19.9 Å². The van der Waals surface area contributed by atoms with Gasteiger partial charge < -0.3 is 5.73 Å². The third-order valence-corrected chi connectivity index (χ3v) is 3.59. The molecule has 2 aromatic rings. The maximum Gasteiger partial charge on any atom is 0.261 e. The number of rotatable bonds is 4. The topological polar surface area (TPSA) is 78.0 Å². The van der Waals surface area contributed by atoms with E-state index in [1.165, 1.54) is 10.9 Å². The molecule has 1 atom stereocenters. The Bertz CT molecular complexity index is 681. The zero-order valence-electron chi connectivity index (χ0n) is 10.5. The van der Waals surface area contributed by atoms with Crippen LogP contribution >= 0.6 is 15.9 Å². The molecular weight excluding hydrogens is 310 g/mol. The zero-order chi connectivity index (χ0) is 14.0. The van der Waals surface area contributed by atoms with Crippen LogP contribution in [0.1, 0.15) is 13.3 Å². The van der Waals surface area contributed by atoms with E-state index in [1.54, 1.807) is 12.1 Å². The molecule has 2 N–H and O–H groups in total. The molecule has 2 rings (SSSR count). The minimum absolute atomic E-state index is 0.161. The normalized spacial score (nSPS) is 12.5. The third kappa shape index (κ3) is 2.84. The lowest BCUT2D eigenvalue weighted by molar-refractivity contribution is -0.122. The highest BCUT2D eigenvalue weighted by Gasteiger charge is 2.15. The summed E-state index contributed by atoms with van der Waals surface area (Å²) in [6.45, 7) is 2.13. The van der Waals surface area contributed by atoms with Crippen LogP contribution in [0.25, 0.3) is 10.9 Å². The summed E-state index contributed by atoms with van der Waals surface area (Å²) in [5.41, 5.74) is 5.77. The molecule has 0 fully saturated rings. The number of hydrogen-bond donors (Lipinski definition) is 1. The largest absolute Gasteiger partial charge is 0.369 e. The Balaban J connectivity index is 2.48. The van der Waals surface area contributed by atoms with Crippen molar-refractivity contribution in [2.75, 3.05) is 0 Å². The Hall–Kier alpha value is -1.69. The van der Waals surface area contributed by atoms with Crippen LogP contribution in [0.15, 0.2) is 33.8 Å². The average Bonchev–Trinajstić information content (AvgIpc) is 2.38. The molecule has 5 nitrogen and oxygen atoms in total. The molecule has 0 aliphatic heterocycles. The number of primary amides is 1. The highest BCUT2D eigenvalue weighted by molar-refractivity contribution is 9.10. The number of nitrogens with zero attached hydrogens (tertiary/aromatic N) is 2. The van der Waals surface area contributed by atoms with E-state index >= 15 is 0 Å². The second-order valence-electron chi connectivity index (χ2n) is 4.37.